The van der Waals surface area contributed by atoms with Gasteiger partial charge >= 0.3 is 5.97 Å². The monoisotopic (exact) mass is 328 g/mol. The molecule has 1 aliphatic carbocycles. The van der Waals surface area contributed by atoms with E-state index >= 15 is 0 Å². The average molecular weight is 328 g/mol. The van der Waals surface area contributed by atoms with Gasteiger partial charge in [-0.25, -0.2) is 0 Å². The van der Waals surface area contributed by atoms with Gasteiger partial charge in [0, 0.05) is 5.69 Å². The van der Waals surface area contributed by atoms with Crippen molar-refractivity contribution in [2.75, 3.05) is 0 Å². The van der Waals surface area contributed by atoms with Gasteiger partial charge in [-0.3, -0.25) is 14.2 Å². The van der Waals surface area contributed by atoms with Crippen LogP contribution in [0.25, 0.3) is 5.69 Å². The molecule has 4 atom stereocenters. The van der Waals surface area contributed by atoms with Crippen LogP contribution < -0.4 is 5.32 Å². The second kappa shape index (κ2) is 6.43. The summed E-state index contributed by atoms with van der Waals surface area (Å²) < 4.78 is 1.79. The number of carboxylic acids is 1. The second-order valence-corrected chi connectivity index (χ2v) is 6.28. The van der Waals surface area contributed by atoms with Gasteiger partial charge in [0.1, 0.15) is 6.33 Å². The summed E-state index contributed by atoms with van der Waals surface area (Å²) >= 11 is 0. The van der Waals surface area contributed by atoms with Crippen LogP contribution in [0.5, 0.6) is 0 Å². The van der Waals surface area contributed by atoms with Gasteiger partial charge in [0.2, 0.25) is 5.91 Å². The van der Waals surface area contributed by atoms with Crippen molar-refractivity contribution < 1.29 is 14.7 Å². The predicted octanol–water partition coefficient (Wildman–Crippen LogP) is 1.49. The highest BCUT2D eigenvalue weighted by Gasteiger charge is 2.52. The summed E-state index contributed by atoms with van der Waals surface area (Å²) in [6, 6.07) is 9.58. The third-order valence-electron chi connectivity index (χ3n) is 5.01. The number of rotatable bonds is 5. The summed E-state index contributed by atoms with van der Waals surface area (Å²) in [7, 11) is 0. The molecule has 2 unspecified atom stereocenters. The fraction of sp³-hybridized carbons (Fsp3) is 0.412. The van der Waals surface area contributed by atoms with Gasteiger partial charge in [-0.2, -0.15) is 0 Å². The number of carbonyl (C=O) groups excluding carboxylic acids is 1. The lowest BCUT2D eigenvalue weighted by Gasteiger charge is -2.45. The molecule has 126 valence electrons. The normalized spacial score (nSPS) is 25.8. The number of aliphatic carboxylic acids is 1. The number of amides is 1. The summed E-state index contributed by atoms with van der Waals surface area (Å²) in [4.78, 5) is 23.7. The van der Waals surface area contributed by atoms with Crippen molar-refractivity contribution in [3.05, 3.63) is 42.5 Å². The van der Waals surface area contributed by atoms with Gasteiger partial charge < -0.3 is 10.4 Å². The Bertz CT molecular complexity index is 743. The molecule has 1 heterocycles. The minimum absolute atomic E-state index is 0.00576. The van der Waals surface area contributed by atoms with Crippen LogP contribution in [0.3, 0.4) is 0 Å². The van der Waals surface area contributed by atoms with E-state index in [-0.39, 0.29) is 24.3 Å². The lowest BCUT2D eigenvalue weighted by molar-refractivity contribution is -0.164. The smallest absolute Gasteiger partial charge is 0.307 e. The van der Waals surface area contributed by atoms with Crippen molar-refractivity contribution in [1.82, 2.24) is 20.1 Å². The highest BCUT2D eigenvalue weighted by molar-refractivity contribution is 5.87. The van der Waals surface area contributed by atoms with Crippen molar-refractivity contribution in [3.8, 4) is 5.69 Å². The number of benzene rings is 1. The highest BCUT2D eigenvalue weighted by atomic mass is 16.4. The molecule has 0 saturated heterocycles. The Balaban J connectivity index is 1.68. The van der Waals surface area contributed by atoms with Gasteiger partial charge in [0.25, 0.3) is 0 Å². The Morgan fingerprint density at radius 3 is 2.50 bits per heavy atom. The first-order chi connectivity index (χ1) is 11.5. The third kappa shape index (κ3) is 2.77. The van der Waals surface area contributed by atoms with E-state index in [4.69, 9.17) is 0 Å². The maximum Gasteiger partial charge on any atom is 0.307 e. The molecular formula is C17H20N4O3. The molecule has 2 aromatic rings. The molecule has 2 N–H and O–H groups in total. The second-order valence-electron chi connectivity index (χ2n) is 6.28. The topological polar surface area (TPSA) is 97.1 Å². The summed E-state index contributed by atoms with van der Waals surface area (Å²) in [5.74, 6) is -1.60. The Morgan fingerprint density at radius 1 is 1.17 bits per heavy atom. The molecule has 1 aliphatic rings. The Kier molecular flexibility index (Phi) is 4.33. The van der Waals surface area contributed by atoms with Crippen LogP contribution in [0.2, 0.25) is 0 Å². The number of nitrogens with one attached hydrogen (secondary N) is 1. The van der Waals surface area contributed by atoms with Crippen LogP contribution in [0.15, 0.2) is 36.7 Å². The van der Waals surface area contributed by atoms with E-state index in [1.807, 2.05) is 44.2 Å². The maximum absolute atomic E-state index is 12.4. The molecule has 0 spiro atoms. The Hall–Kier alpha value is -2.70. The fourth-order valence-corrected chi connectivity index (χ4v) is 3.41. The molecule has 1 fully saturated rings. The minimum atomic E-state index is -0.909. The highest BCUT2D eigenvalue weighted by Crippen LogP contribution is 2.45. The van der Waals surface area contributed by atoms with E-state index in [0.717, 1.165) is 5.69 Å². The van der Waals surface area contributed by atoms with E-state index in [0.29, 0.717) is 5.82 Å². The summed E-state index contributed by atoms with van der Waals surface area (Å²) in [6.07, 6.45) is 1.59. The fourth-order valence-electron chi connectivity index (χ4n) is 3.41. The molecular weight excluding hydrogens is 308 g/mol. The molecule has 1 aromatic heterocycles. The van der Waals surface area contributed by atoms with Gasteiger partial charge in [0.05, 0.1) is 18.4 Å². The van der Waals surface area contributed by atoms with Gasteiger partial charge in [-0.1, -0.05) is 32.0 Å². The standard InChI is InChI=1S/C17H20N4O3/c1-10-11(2)15(17(23)24)14(10)16(22)18-8-13-20-19-9-21(13)12-6-4-3-5-7-12/h3-7,9-11,14-15H,8H2,1-2H3,(H,18,22)(H,23,24)/t10?,11?,14-,15+/m0/s1. The molecule has 1 saturated carbocycles. The molecule has 0 aliphatic heterocycles. The zero-order valence-corrected chi connectivity index (χ0v) is 13.6. The average Bonchev–Trinajstić information content (AvgIpc) is 3.05. The van der Waals surface area contributed by atoms with Crippen molar-refractivity contribution in [2.45, 2.75) is 20.4 Å². The van der Waals surface area contributed by atoms with Crippen molar-refractivity contribution >= 4 is 11.9 Å². The van der Waals surface area contributed by atoms with Crippen LogP contribution in [-0.4, -0.2) is 31.7 Å². The Labute approximate surface area is 139 Å². The molecule has 0 bridgehead atoms. The first kappa shape index (κ1) is 16.2. The molecule has 1 amide bonds. The summed E-state index contributed by atoms with van der Waals surface area (Å²) in [5, 5.41) is 20.0. The molecule has 0 radical (unpaired) electrons. The van der Waals surface area contributed by atoms with Crippen molar-refractivity contribution in [1.29, 1.82) is 0 Å². The lowest BCUT2D eigenvalue weighted by atomic mass is 9.57. The van der Waals surface area contributed by atoms with Crippen molar-refractivity contribution in [2.24, 2.45) is 23.7 Å². The zero-order chi connectivity index (χ0) is 17.3. The number of carboxylic acid groups (broad SMARTS) is 1. The molecule has 3 rings (SSSR count). The maximum atomic E-state index is 12.4. The third-order valence-corrected chi connectivity index (χ3v) is 5.01. The first-order valence-corrected chi connectivity index (χ1v) is 7.95. The number of para-hydroxylation sites is 1. The van der Waals surface area contributed by atoms with E-state index in [1.54, 1.807) is 10.9 Å². The summed E-state index contributed by atoms with van der Waals surface area (Å²) in [6.45, 7) is 4.00. The van der Waals surface area contributed by atoms with E-state index in [2.05, 4.69) is 15.5 Å². The van der Waals surface area contributed by atoms with Crippen molar-refractivity contribution in [3.63, 3.8) is 0 Å². The van der Waals surface area contributed by atoms with Crippen LogP contribution >= 0.6 is 0 Å². The number of carbonyl (C=O) groups is 2. The van der Waals surface area contributed by atoms with Crippen LogP contribution in [0, 0.1) is 23.7 Å². The first-order valence-electron chi connectivity index (χ1n) is 7.95. The SMILES string of the molecule is CC1C(C)[C@H](C(=O)NCc2nncn2-c2ccccc2)[C@@H]1C(=O)O. The largest absolute Gasteiger partial charge is 0.481 e. The van der Waals surface area contributed by atoms with E-state index in [9.17, 15) is 14.7 Å². The molecule has 7 heteroatoms. The van der Waals surface area contributed by atoms with E-state index < -0.39 is 17.8 Å². The molecule has 1 aromatic carbocycles. The number of hydrogen-bond donors (Lipinski definition) is 2. The molecule has 7 nitrogen and oxygen atoms in total. The summed E-state index contributed by atoms with van der Waals surface area (Å²) in [5.41, 5.74) is 0.904. The number of aromatic nitrogens is 3. The van der Waals surface area contributed by atoms with Gasteiger partial charge in [-0.15, -0.1) is 10.2 Å². The van der Waals surface area contributed by atoms with Crippen LogP contribution in [0.4, 0.5) is 0 Å². The quantitative estimate of drug-likeness (QED) is 0.866. The number of nitrogens with zero attached hydrogens (tertiary/aromatic N) is 3. The number of hydrogen-bond acceptors (Lipinski definition) is 4. The van der Waals surface area contributed by atoms with Gasteiger partial charge in [-0.05, 0) is 24.0 Å². The Morgan fingerprint density at radius 2 is 1.83 bits per heavy atom. The molecule has 24 heavy (non-hydrogen) atoms. The van der Waals surface area contributed by atoms with Crippen LogP contribution in [0.1, 0.15) is 19.7 Å². The predicted molar refractivity (Wildman–Crippen MR) is 86.1 cm³/mol. The van der Waals surface area contributed by atoms with E-state index in [1.165, 1.54) is 0 Å². The zero-order valence-electron chi connectivity index (χ0n) is 13.6. The minimum Gasteiger partial charge on any atom is -0.481 e. The van der Waals surface area contributed by atoms with Gasteiger partial charge in [0.15, 0.2) is 5.82 Å². The lowest BCUT2D eigenvalue weighted by Crippen LogP contribution is -2.54. The van der Waals surface area contributed by atoms with Crippen LogP contribution in [-0.2, 0) is 16.1 Å².